The summed E-state index contributed by atoms with van der Waals surface area (Å²) in [6, 6.07) is 5.96. The Morgan fingerprint density at radius 2 is 2.00 bits per heavy atom. The molecule has 150 valence electrons. The Balaban J connectivity index is 0.00000364. The van der Waals surface area contributed by atoms with E-state index in [0.717, 1.165) is 21.9 Å². The van der Waals surface area contributed by atoms with Crippen molar-refractivity contribution in [1.82, 2.24) is 9.29 Å². The molecule has 0 aliphatic carbocycles. The molecule has 0 spiro atoms. The highest BCUT2D eigenvalue weighted by Crippen LogP contribution is 2.16. The molecule has 8 nitrogen and oxygen atoms in total. The molecule has 11 heteroatoms. The minimum atomic E-state index is -3.67. The number of carbonyl (C=O) groups excluding carboxylic acids is 1. The number of aryl methyl sites for hydroxylation is 1. The van der Waals surface area contributed by atoms with Gasteiger partial charge in [-0.3, -0.25) is 9.59 Å². The molecule has 1 heterocycles. The van der Waals surface area contributed by atoms with Crippen LogP contribution >= 0.6 is 23.7 Å². The van der Waals surface area contributed by atoms with E-state index in [2.05, 4.69) is 10.0 Å². The van der Waals surface area contributed by atoms with Crippen LogP contribution in [0.25, 0.3) is 0 Å². The average Bonchev–Trinajstić information content (AvgIpc) is 2.83. The van der Waals surface area contributed by atoms with Crippen molar-refractivity contribution in [1.29, 1.82) is 0 Å². The molecule has 27 heavy (non-hydrogen) atoms. The summed E-state index contributed by atoms with van der Waals surface area (Å²) >= 11 is 1.16. The lowest BCUT2D eigenvalue weighted by atomic mass is 10.3. The number of rotatable bonds is 8. The molecule has 0 saturated heterocycles. The van der Waals surface area contributed by atoms with Crippen LogP contribution in [0.5, 0.6) is 0 Å². The zero-order valence-corrected chi connectivity index (χ0v) is 17.5. The fourth-order valence-corrected chi connectivity index (χ4v) is 4.25. The van der Waals surface area contributed by atoms with Gasteiger partial charge >= 0.3 is 4.87 Å². The van der Waals surface area contributed by atoms with E-state index >= 15 is 0 Å². The Kier molecular flexibility index (Phi) is 8.63. The van der Waals surface area contributed by atoms with Crippen LogP contribution in [0, 0.1) is 13.8 Å². The van der Waals surface area contributed by atoms with Gasteiger partial charge in [-0.1, -0.05) is 17.4 Å². The predicted molar refractivity (Wildman–Crippen MR) is 109 cm³/mol. The Labute approximate surface area is 168 Å². The highest BCUT2D eigenvalue weighted by Gasteiger charge is 2.14. The number of hydrogen-bond donors (Lipinski definition) is 3. The van der Waals surface area contributed by atoms with Gasteiger partial charge in [0.05, 0.1) is 4.90 Å². The van der Waals surface area contributed by atoms with E-state index in [0.29, 0.717) is 5.69 Å². The lowest BCUT2D eigenvalue weighted by molar-refractivity contribution is -0.116. The van der Waals surface area contributed by atoms with Gasteiger partial charge in [-0.05, 0) is 32.0 Å². The van der Waals surface area contributed by atoms with Crippen molar-refractivity contribution >= 4 is 45.4 Å². The summed E-state index contributed by atoms with van der Waals surface area (Å²) in [4.78, 5) is 24.9. The van der Waals surface area contributed by atoms with Crippen molar-refractivity contribution in [3.63, 3.8) is 0 Å². The molecule has 0 bridgehead atoms. The fraction of sp³-hybridized carbons (Fsp3) is 0.375. The number of sulfonamides is 1. The molecule has 2 rings (SSSR count). The smallest absolute Gasteiger partial charge is 0.307 e. The highest BCUT2D eigenvalue weighted by molar-refractivity contribution is 7.89. The molecule has 0 atom stereocenters. The van der Waals surface area contributed by atoms with Crippen LogP contribution in [0.1, 0.15) is 17.0 Å². The Morgan fingerprint density at radius 3 is 2.59 bits per heavy atom. The topological polar surface area (TPSA) is 123 Å². The molecular formula is C16H23ClN4O4S2. The number of thiazole rings is 1. The second-order valence-corrected chi connectivity index (χ2v) is 8.61. The molecule has 0 aliphatic heterocycles. The third kappa shape index (κ3) is 6.15. The number of anilines is 1. The van der Waals surface area contributed by atoms with Crippen LogP contribution in [-0.4, -0.2) is 32.0 Å². The number of hydrogen-bond acceptors (Lipinski definition) is 6. The van der Waals surface area contributed by atoms with Gasteiger partial charge in [0.15, 0.2) is 0 Å². The second-order valence-electron chi connectivity index (χ2n) is 5.67. The first-order valence-corrected chi connectivity index (χ1v) is 10.3. The Morgan fingerprint density at radius 1 is 1.30 bits per heavy atom. The summed E-state index contributed by atoms with van der Waals surface area (Å²) in [6.07, 6.45) is 0.110. The zero-order valence-electron chi connectivity index (χ0n) is 15.0. The van der Waals surface area contributed by atoms with E-state index in [9.17, 15) is 18.0 Å². The van der Waals surface area contributed by atoms with Gasteiger partial charge in [-0.25, -0.2) is 13.1 Å². The van der Waals surface area contributed by atoms with Crippen molar-refractivity contribution in [2.75, 3.05) is 18.4 Å². The van der Waals surface area contributed by atoms with Crippen LogP contribution in [0.15, 0.2) is 34.0 Å². The quantitative estimate of drug-likeness (QED) is 0.576. The fourth-order valence-electron chi connectivity index (χ4n) is 2.30. The molecule has 4 N–H and O–H groups in total. The van der Waals surface area contributed by atoms with Crippen LogP contribution in [0.2, 0.25) is 0 Å². The molecule has 0 radical (unpaired) electrons. The normalized spacial score (nSPS) is 11.1. The molecule has 2 aromatic rings. The van der Waals surface area contributed by atoms with E-state index < -0.39 is 10.0 Å². The zero-order chi connectivity index (χ0) is 19.3. The number of nitrogens with one attached hydrogen (secondary N) is 2. The van der Waals surface area contributed by atoms with E-state index in [1.165, 1.54) is 12.1 Å². The number of benzene rings is 1. The van der Waals surface area contributed by atoms with Crippen LogP contribution in [0.3, 0.4) is 0 Å². The van der Waals surface area contributed by atoms with E-state index in [4.69, 9.17) is 5.73 Å². The summed E-state index contributed by atoms with van der Waals surface area (Å²) in [5, 5.41) is 2.66. The average molecular weight is 435 g/mol. The van der Waals surface area contributed by atoms with Gasteiger partial charge in [0, 0.05) is 42.3 Å². The molecule has 0 fully saturated rings. The molecule has 0 aliphatic rings. The SMILES string of the molecule is Cc1sc(=O)n(CCC(=O)Nc2cccc(S(=O)(=O)NCCN)c2)c1C.Cl. The maximum Gasteiger partial charge on any atom is 0.307 e. The summed E-state index contributed by atoms with van der Waals surface area (Å²) in [5.74, 6) is -0.301. The van der Waals surface area contributed by atoms with Gasteiger partial charge in [0.2, 0.25) is 15.9 Å². The first kappa shape index (κ1) is 23.3. The van der Waals surface area contributed by atoms with Crippen molar-refractivity contribution in [3.05, 3.63) is 44.5 Å². The minimum absolute atomic E-state index is 0. The van der Waals surface area contributed by atoms with Crippen molar-refractivity contribution < 1.29 is 13.2 Å². The van der Waals surface area contributed by atoms with Gasteiger partial charge in [0.25, 0.3) is 0 Å². The standard InChI is InChI=1S/C16H22N4O4S2.ClH/c1-11-12(2)25-16(22)20(11)9-6-15(21)19-13-4-3-5-14(10-13)26(23,24)18-8-7-17;/h3-5,10,18H,6-9,17H2,1-2H3,(H,19,21);1H. The summed E-state index contributed by atoms with van der Waals surface area (Å²) in [7, 11) is -3.67. The molecule has 1 amide bonds. The molecule has 0 saturated carbocycles. The lowest BCUT2D eigenvalue weighted by Crippen LogP contribution is -2.29. The predicted octanol–water partition coefficient (Wildman–Crippen LogP) is 1.21. The van der Waals surface area contributed by atoms with E-state index in [1.807, 2.05) is 13.8 Å². The first-order chi connectivity index (χ1) is 12.2. The van der Waals surface area contributed by atoms with Crippen LogP contribution in [0.4, 0.5) is 5.69 Å². The summed E-state index contributed by atoms with van der Waals surface area (Å²) < 4.78 is 28.1. The number of nitrogens with zero attached hydrogens (tertiary/aromatic N) is 1. The van der Waals surface area contributed by atoms with Crippen LogP contribution in [-0.2, 0) is 21.4 Å². The third-order valence-electron chi connectivity index (χ3n) is 3.80. The van der Waals surface area contributed by atoms with Crippen LogP contribution < -0.4 is 20.6 Å². The summed E-state index contributed by atoms with van der Waals surface area (Å²) in [5.41, 5.74) is 6.53. The van der Waals surface area contributed by atoms with Gasteiger partial charge in [-0.15, -0.1) is 12.4 Å². The monoisotopic (exact) mass is 434 g/mol. The van der Waals surface area contributed by atoms with Crippen molar-refractivity contribution in [2.45, 2.75) is 31.7 Å². The summed E-state index contributed by atoms with van der Waals surface area (Å²) in [6.45, 7) is 4.30. The van der Waals surface area contributed by atoms with Crippen molar-refractivity contribution in [3.8, 4) is 0 Å². The molecule has 1 aromatic heterocycles. The second kappa shape index (κ2) is 10.00. The Bertz CT molecular complexity index is 954. The number of aromatic nitrogens is 1. The molecular weight excluding hydrogens is 412 g/mol. The molecule has 1 aromatic carbocycles. The van der Waals surface area contributed by atoms with E-state index in [1.54, 1.807) is 16.7 Å². The number of carbonyl (C=O) groups is 1. The first-order valence-electron chi connectivity index (χ1n) is 8.01. The van der Waals surface area contributed by atoms with Crippen molar-refractivity contribution in [2.24, 2.45) is 5.73 Å². The number of nitrogens with two attached hydrogens (primary N) is 1. The third-order valence-corrected chi connectivity index (χ3v) is 6.26. The number of amides is 1. The van der Waals surface area contributed by atoms with Gasteiger partial charge in [-0.2, -0.15) is 0 Å². The lowest BCUT2D eigenvalue weighted by Gasteiger charge is -2.09. The maximum atomic E-state index is 12.1. The largest absolute Gasteiger partial charge is 0.329 e. The number of halogens is 1. The van der Waals surface area contributed by atoms with Gasteiger partial charge in [0.1, 0.15) is 0 Å². The highest BCUT2D eigenvalue weighted by atomic mass is 35.5. The Hall–Kier alpha value is -1.72. The maximum absolute atomic E-state index is 12.1. The minimum Gasteiger partial charge on any atom is -0.329 e. The van der Waals surface area contributed by atoms with Gasteiger partial charge < -0.3 is 15.6 Å². The molecule has 0 unspecified atom stereocenters. The van der Waals surface area contributed by atoms with E-state index in [-0.39, 0.29) is 54.1 Å².